The summed E-state index contributed by atoms with van der Waals surface area (Å²) in [6, 6.07) is 5.31. The largest absolute Gasteiger partial charge is 0.493 e. The zero-order chi connectivity index (χ0) is 29.1. The van der Waals surface area contributed by atoms with Gasteiger partial charge in [-0.05, 0) is 44.0 Å². The molecule has 0 aliphatic carbocycles. The van der Waals surface area contributed by atoms with E-state index in [1.165, 1.54) is 11.2 Å². The second kappa shape index (κ2) is 11.9. The first kappa shape index (κ1) is 28.8. The van der Waals surface area contributed by atoms with Crippen molar-refractivity contribution < 1.29 is 9.53 Å². The third kappa shape index (κ3) is 5.44. The van der Waals surface area contributed by atoms with Gasteiger partial charge in [-0.3, -0.25) is 14.9 Å². The number of anilines is 2. The Kier molecular flexibility index (Phi) is 8.58. The van der Waals surface area contributed by atoms with Gasteiger partial charge < -0.3 is 20.3 Å². The highest BCUT2D eigenvalue weighted by Crippen LogP contribution is 2.45. The van der Waals surface area contributed by atoms with Crippen molar-refractivity contribution in [1.82, 2.24) is 30.0 Å². The number of pyridine rings is 1. The molecule has 0 fully saturated rings. The fourth-order valence-corrected chi connectivity index (χ4v) is 4.96. The summed E-state index contributed by atoms with van der Waals surface area (Å²) in [5.74, 6) is 1.54. The summed E-state index contributed by atoms with van der Waals surface area (Å²) < 4.78 is 6.28. The van der Waals surface area contributed by atoms with Gasteiger partial charge in [0.25, 0.3) is 5.91 Å². The van der Waals surface area contributed by atoms with E-state index in [2.05, 4.69) is 32.1 Å². The van der Waals surface area contributed by atoms with Crippen LogP contribution in [0.25, 0.3) is 11.1 Å². The van der Waals surface area contributed by atoms with Crippen molar-refractivity contribution in [3.8, 4) is 16.9 Å². The van der Waals surface area contributed by atoms with Crippen molar-refractivity contribution in [2.24, 2.45) is 0 Å². The highest BCUT2D eigenvalue weighted by molar-refractivity contribution is 6.32. The van der Waals surface area contributed by atoms with Crippen LogP contribution in [0, 0.1) is 6.92 Å². The molecule has 1 aromatic carbocycles. The normalized spacial score (nSPS) is 12.6. The fourth-order valence-electron chi connectivity index (χ4n) is 4.75. The van der Waals surface area contributed by atoms with Gasteiger partial charge >= 0.3 is 0 Å². The summed E-state index contributed by atoms with van der Waals surface area (Å²) >= 11 is 6.82. The van der Waals surface area contributed by atoms with Gasteiger partial charge in [-0.25, -0.2) is 9.97 Å². The Hall–Kier alpha value is -4.18. The maximum Gasteiger partial charge on any atom is 0.271 e. The maximum absolute atomic E-state index is 12.4. The number of rotatable bonds is 9. The van der Waals surface area contributed by atoms with Crippen molar-refractivity contribution in [1.29, 1.82) is 0 Å². The van der Waals surface area contributed by atoms with E-state index in [1.807, 2.05) is 51.0 Å². The predicted octanol–water partition coefficient (Wildman–Crippen LogP) is 5.26. The van der Waals surface area contributed by atoms with Crippen molar-refractivity contribution in [3.63, 3.8) is 0 Å². The van der Waals surface area contributed by atoms with Crippen LogP contribution in [-0.2, 0) is 0 Å². The fraction of sp³-hybridized carbons (Fsp3) is 0.345. The van der Waals surface area contributed by atoms with Gasteiger partial charge in [-0.1, -0.05) is 24.6 Å². The Morgan fingerprint density at radius 2 is 1.90 bits per heavy atom. The molecule has 2 atom stereocenters. The molecule has 4 aromatic rings. The number of nitrogens with zero attached hydrogens (tertiary/aromatic N) is 6. The number of carbonyl (C=O) groups is 1. The van der Waals surface area contributed by atoms with Crippen LogP contribution in [0.1, 0.15) is 65.5 Å². The molecule has 3 heterocycles. The van der Waals surface area contributed by atoms with Gasteiger partial charge in [0.15, 0.2) is 0 Å². The molecule has 0 aliphatic heterocycles. The van der Waals surface area contributed by atoms with E-state index in [0.717, 1.165) is 33.4 Å². The molecule has 4 rings (SSSR count). The monoisotopic (exact) mass is 562 g/mol. The van der Waals surface area contributed by atoms with Gasteiger partial charge in [0.1, 0.15) is 29.4 Å². The molecule has 0 saturated carbocycles. The predicted molar refractivity (Wildman–Crippen MR) is 158 cm³/mol. The Balaban J connectivity index is 1.82. The molecule has 0 aliphatic rings. The number of benzene rings is 1. The zero-order valence-corrected chi connectivity index (χ0v) is 24.6. The molecule has 3 aromatic heterocycles. The van der Waals surface area contributed by atoms with Crippen LogP contribution in [0.3, 0.4) is 0 Å². The van der Waals surface area contributed by atoms with Gasteiger partial charge in [0.2, 0.25) is 0 Å². The van der Waals surface area contributed by atoms with Gasteiger partial charge in [0, 0.05) is 66.7 Å². The molecule has 11 heteroatoms. The molecule has 0 radical (unpaired) electrons. The standard InChI is InChI=1S/C29H35ClN8O2/c1-8-40-26-21(11-22(30)17(3)24(26)19-9-10-23(32-12-19)29(39)37(5)6)18(4)38(7)28-25(27(31)33-15-34-28)16(2)20-13-35-36-14-20/h9-16,18H,8H2,1-7H3,(H,35,36)(H2,31,33,34). The molecule has 0 spiro atoms. The Morgan fingerprint density at radius 3 is 2.50 bits per heavy atom. The SMILES string of the molecule is CCOc1c(C(C)N(C)c2ncnc(N)c2C(C)c2cn[nH]c2)cc(Cl)c(C)c1-c1ccc(C(=O)N(C)C)nc1. The van der Waals surface area contributed by atoms with Crippen LogP contribution in [0.5, 0.6) is 5.75 Å². The van der Waals surface area contributed by atoms with E-state index in [-0.39, 0.29) is 17.9 Å². The zero-order valence-electron chi connectivity index (χ0n) is 23.9. The molecule has 10 nitrogen and oxygen atoms in total. The smallest absolute Gasteiger partial charge is 0.271 e. The molecule has 40 heavy (non-hydrogen) atoms. The minimum Gasteiger partial charge on any atom is -0.493 e. The minimum absolute atomic E-state index is 0.0948. The number of carbonyl (C=O) groups excluding carboxylic acids is 1. The number of nitrogens with two attached hydrogens (primary N) is 1. The van der Waals surface area contributed by atoms with E-state index in [0.29, 0.717) is 34.7 Å². The third-order valence-corrected chi connectivity index (χ3v) is 7.57. The Bertz CT molecular complexity index is 1490. The lowest BCUT2D eigenvalue weighted by Gasteiger charge is -2.32. The number of amides is 1. The lowest BCUT2D eigenvalue weighted by atomic mass is 9.93. The molecule has 0 bridgehead atoms. The van der Waals surface area contributed by atoms with Crippen molar-refractivity contribution in [3.05, 3.63) is 76.1 Å². The number of nitrogen functional groups attached to an aromatic ring is 1. The molecular formula is C29H35ClN8O2. The number of aromatic nitrogens is 5. The lowest BCUT2D eigenvalue weighted by Crippen LogP contribution is -2.26. The highest BCUT2D eigenvalue weighted by atomic mass is 35.5. The first-order valence-corrected chi connectivity index (χ1v) is 13.4. The second-order valence-electron chi connectivity index (χ2n) is 9.88. The topological polar surface area (TPSA) is 126 Å². The summed E-state index contributed by atoms with van der Waals surface area (Å²) in [6.07, 6.45) is 6.77. The van der Waals surface area contributed by atoms with Crippen LogP contribution < -0.4 is 15.4 Å². The quantitative estimate of drug-likeness (QED) is 0.283. The van der Waals surface area contributed by atoms with Crippen molar-refractivity contribution in [2.75, 3.05) is 38.4 Å². The Morgan fingerprint density at radius 1 is 1.15 bits per heavy atom. The van der Waals surface area contributed by atoms with Crippen LogP contribution in [-0.4, -0.2) is 63.7 Å². The summed E-state index contributed by atoms with van der Waals surface area (Å²) in [6.45, 7) is 8.46. The summed E-state index contributed by atoms with van der Waals surface area (Å²) in [7, 11) is 5.36. The average molecular weight is 563 g/mol. The van der Waals surface area contributed by atoms with E-state index >= 15 is 0 Å². The summed E-state index contributed by atoms with van der Waals surface area (Å²) in [5.41, 5.74) is 11.9. The van der Waals surface area contributed by atoms with Crippen LogP contribution in [0.15, 0.2) is 43.1 Å². The molecule has 2 unspecified atom stereocenters. The first-order valence-electron chi connectivity index (χ1n) is 13.0. The van der Waals surface area contributed by atoms with Crippen LogP contribution >= 0.6 is 11.6 Å². The minimum atomic E-state index is -0.217. The van der Waals surface area contributed by atoms with Crippen molar-refractivity contribution >= 4 is 29.1 Å². The van der Waals surface area contributed by atoms with Crippen LogP contribution in [0.2, 0.25) is 5.02 Å². The molecule has 1 amide bonds. The second-order valence-corrected chi connectivity index (χ2v) is 10.3. The number of hydrogen-bond acceptors (Lipinski definition) is 8. The third-order valence-electron chi connectivity index (χ3n) is 7.18. The van der Waals surface area contributed by atoms with Gasteiger partial charge in [-0.15, -0.1) is 0 Å². The van der Waals surface area contributed by atoms with Gasteiger partial charge in [-0.2, -0.15) is 5.10 Å². The number of nitrogens with one attached hydrogen (secondary N) is 1. The average Bonchev–Trinajstić information content (AvgIpc) is 3.49. The van der Waals surface area contributed by atoms with Crippen LogP contribution in [0.4, 0.5) is 11.6 Å². The van der Waals surface area contributed by atoms with Gasteiger partial charge in [0.05, 0.1) is 18.8 Å². The van der Waals surface area contributed by atoms with E-state index in [9.17, 15) is 4.79 Å². The molecule has 0 saturated heterocycles. The molecule has 3 N–H and O–H groups in total. The molecular weight excluding hydrogens is 528 g/mol. The Labute approximate surface area is 239 Å². The number of aromatic amines is 1. The van der Waals surface area contributed by atoms with E-state index in [1.54, 1.807) is 32.6 Å². The van der Waals surface area contributed by atoms with E-state index < -0.39 is 0 Å². The highest BCUT2D eigenvalue weighted by Gasteiger charge is 2.28. The number of H-pyrrole nitrogens is 1. The number of ether oxygens (including phenoxy) is 1. The number of halogens is 1. The molecule has 210 valence electrons. The lowest BCUT2D eigenvalue weighted by molar-refractivity contribution is 0.0822. The number of hydrogen-bond donors (Lipinski definition) is 2. The van der Waals surface area contributed by atoms with Crippen molar-refractivity contribution in [2.45, 2.75) is 39.7 Å². The maximum atomic E-state index is 12.4. The summed E-state index contributed by atoms with van der Waals surface area (Å²) in [4.78, 5) is 29.3. The van der Waals surface area contributed by atoms with E-state index in [4.69, 9.17) is 22.1 Å². The first-order chi connectivity index (χ1) is 19.1. The summed E-state index contributed by atoms with van der Waals surface area (Å²) in [5, 5.41) is 7.55.